The summed E-state index contributed by atoms with van der Waals surface area (Å²) in [7, 11) is 1.58. The van der Waals surface area contributed by atoms with Gasteiger partial charge in [0.1, 0.15) is 12.2 Å². The maximum Gasteiger partial charge on any atom is 0.309 e. The Kier molecular flexibility index (Phi) is 12.3. The van der Waals surface area contributed by atoms with Gasteiger partial charge >= 0.3 is 11.9 Å². The largest absolute Gasteiger partial charge is 0.490 e. The van der Waals surface area contributed by atoms with Crippen molar-refractivity contribution in [2.24, 2.45) is 34.7 Å². The van der Waals surface area contributed by atoms with Crippen LogP contribution in [0.2, 0.25) is 0 Å². The van der Waals surface area contributed by atoms with E-state index in [4.69, 9.17) is 18.9 Å². The molecule has 1 aliphatic rings. The fraction of sp³-hybridized carbons (Fsp3) is 0.714. The first-order chi connectivity index (χ1) is 18.0. The standard InChI is InChI=1S/C28H42FN3O6/c1-16(2)20(14-23(31-32-30)25-15-21(17(3)4)28(34)37-25)26(38-27(33)18(5)6)19-9-10-22(29)24(13-19)36-12-8-11-35-7/h9-10,13,16-18,20-21,23,25-26H,8,11-12,14-15H2,1-7H3/t20-,21-,23-,25-,26?/m0/s1. The molecule has 1 aromatic rings. The van der Waals surface area contributed by atoms with Gasteiger partial charge in [-0.25, -0.2) is 4.39 Å². The third kappa shape index (κ3) is 8.60. The molecule has 1 unspecified atom stereocenters. The van der Waals surface area contributed by atoms with Crippen LogP contribution in [-0.2, 0) is 23.8 Å². The maximum absolute atomic E-state index is 14.6. The number of azide groups is 1. The van der Waals surface area contributed by atoms with Gasteiger partial charge in [-0.1, -0.05) is 52.7 Å². The van der Waals surface area contributed by atoms with E-state index in [1.807, 2.05) is 27.7 Å². The van der Waals surface area contributed by atoms with Crippen molar-refractivity contribution >= 4 is 11.9 Å². The highest BCUT2D eigenvalue weighted by Crippen LogP contribution is 2.40. The molecule has 0 amide bonds. The number of cyclic esters (lactones) is 1. The van der Waals surface area contributed by atoms with Crippen LogP contribution in [-0.4, -0.2) is 44.4 Å². The van der Waals surface area contributed by atoms with Crippen molar-refractivity contribution in [1.82, 2.24) is 0 Å². The predicted molar refractivity (Wildman–Crippen MR) is 141 cm³/mol. The second-order valence-corrected chi connectivity index (χ2v) is 10.9. The molecule has 1 fully saturated rings. The number of esters is 2. The zero-order valence-corrected chi connectivity index (χ0v) is 23.6. The van der Waals surface area contributed by atoms with Gasteiger partial charge in [-0.15, -0.1) is 0 Å². The summed E-state index contributed by atoms with van der Waals surface area (Å²) in [5.41, 5.74) is 9.89. The van der Waals surface area contributed by atoms with E-state index in [2.05, 4.69) is 10.0 Å². The lowest BCUT2D eigenvalue weighted by molar-refractivity contribution is -0.157. The third-order valence-electron chi connectivity index (χ3n) is 7.00. The van der Waals surface area contributed by atoms with Crippen molar-refractivity contribution in [1.29, 1.82) is 0 Å². The lowest BCUT2D eigenvalue weighted by Gasteiger charge is -2.33. The number of methoxy groups -OCH3 is 1. The highest BCUT2D eigenvalue weighted by Gasteiger charge is 2.42. The molecule has 0 radical (unpaired) electrons. The zero-order chi connectivity index (χ0) is 28.4. The van der Waals surface area contributed by atoms with Crippen LogP contribution in [0.15, 0.2) is 23.3 Å². The number of nitrogens with zero attached hydrogens (tertiary/aromatic N) is 3. The summed E-state index contributed by atoms with van der Waals surface area (Å²) in [6.07, 6.45) is 0.0215. The normalized spacial score (nSPS) is 19.7. The molecule has 10 heteroatoms. The Bertz CT molecular complexity index is 979. The van der Waals surface area contributed by atoms with E-state index in [0.29, 0.717) is 31.4 Å². The molecule has 0 N–H and O–H groups in total. The van der Waals surface area contributed by atoms with Crippen molar-refractivity contribution in [3.63, 3.8) is 0 Å². The Labute approximate surface area is 225 Å². The Morgan fingerprint density at radius 1 is 1.21 bits per heavy atom. The van der Waals surface area contributed by atoms with Gasteiger partial charge in [0, 0.05) is 31.0 Å². The van der Waals surface area contributed by atoms with Crippen LogP contribution in [0.1, 0.15) is 72.5 Å². The maximum atomic E-state index is 14.6. The lowest BCUT2D eigenvalue weighted by Crippen LogP contribution is -2.33. The molecule has 212 valence electrons. The van der Waals surface area contributed by atoms with Crippen molar-refractivity contribution in [3.8, 4) is 5.75 Å². The number of halogens is 1. The molecule has 38 heavy (non-hydrogen) atoms. The van der Waals surface area contributed by atoms with Gasteiger partial charge in [-0.05, 0) is 47.9 Å². The van der Waals surface area contributed by atoms with Gasteiger partial charge in [-0.3, -0.25) is 9.59 Å². The smallest absolute Gasteiger partial charge is 0.309 e. The van der Waals surface area contributed by atoms with Crippen molar-refractivity contribution in [3.05, 3.63) is 40.0 Å². The number of ether oxygens (including phenoxy) is 4. The molecule has 1 aliphatic heterocycles. The van der Waals surface area contributed by atoms with E-state index < -0.39 is 30.0 Å². The van der Waals surface area contributed by atoms with Crippen molar-refractivity contribution in [2.75, 3.05) is 20.3 Å². The molecule has 0 saturated carbocycles. The van der Waals surface area contributed by atoms with Crippen LogP contribution in [0.25, 0.3) is 10.4 Å². The number of carbonyl (C=O) groups is 2. The molecule has 1 aromatic carbocycles. The second-order valence-electron chi connectivity index (χ2n) is 10.9. The summed E-state index contributed by atoms with van der Waals surface area (Å²) in [5, 5.41) is 4.00. The highest BCUT2D eigenvalue weighted by molar-refractivity contribution is 5.75. The van der Waals surface area contributed by atoms with Crippen LogP contribution in [0.5, 0.6) is 5.75 Å². The van der Waals surface area contributed by atoms with Crippen LogP contribution in [0.4, 0.5) is 4.39 Å². The molecule has 0 bridgehead atoms. The Balaban J connectivity index is 2.42. The fourth-order valence-corrected chi connectivity index (χ4v) is 4.63. The van der Waals surface area contributed by atoms with Crippen LogP contribution in [0, 0.1) is 35.4 Å². The van der Waals surface area contributed by atoms with E-state index in [1.54, 1.807) is 33.1 Å². The zero-order valence-electron chi connectivity index (χ0n) is 23.6. The molecule has 0 aromatic heterocycles. The van der Waals surface area contributed by atoms with E-state index in [0.717, 1.165) is 0 Å². The molecular weight excluding hydrogens is 493 g/mol. The first kappa shape index (κ1) is 31.4. The van der Waals surface area contributed by atoms with Crippen molar-refractivity contribution in [2.45, 2.75) is 79.1 Å². The number of benzene rings is 1. The Morgan fingerprint density at radius 2 is 1.92 bits per heavy atom. The predicted octanol–water partition coefficient (Wildman–Crippen LogP) is 6.41. The summed E-state index contributed by atoms with van der Waals surface area (Å²) < 4.78 is 36.9. The van der Waals surface area contributed by atoms with E-state index in [1.165, 1.54) is 6.07 Å². The summed E-state index contributed by atoms with van der Waals surface area (Å²) >= 11 is 0. The average molecular weight is 536 g/mol. The molecule has 9 nitrogen and oxygen atoms in total. The van der Waals surface area contributed by atoms with Gasteiger partial charge in [0.2, 0.25) is 0 Å². The second kappa shape index (κ2) is 14.9. The molecule has 5 atom stereocenters. The number of carbonyl (C=O) groups excluding carboxylic acids is 2. The molecule has 1 heterocycles. The van der Waals surface area contributed by atoms with Crippen LogP contribution >= 0.6 is 0 Å². The minimum atomic E-state index is -0.763. The van der Waals surface area contributed by atoms with E-state index in [9.17, 15) is 19.5 Å². The molecule has 0 aliphatic carbocycles. The highest BCUT2D eigenvalue weighted by atomic mass is 19.1. The SMILES string of the molecule is COCCCOc1cc(C(OC(=O)C(C)C)[C@@H](C[C@H](N=[N+]=[N-])[C@@H]2C[C@@H](C(C)C)C(=O)O2)C(C)C)ccc1F. The summed E-state index contributed by atoms with van der Waals surface area (Å²) in [5.74, 6) is -2.05. The van der Waals surface area contributed by atoms with Gasteiger partial charge in [-0.2, -0.15) is 0 Å². The van der Waals surface area contributed by atoms with Gasteiger partial charge in [0.05, 0.1) is 24.5 Å². The average Bonchev–Trinajstić information content (AvgIpc) is 3.25. The first-order valence-corrected chi connectivity index (χ1v) is 13.4. The van der Waals surface area contributed by atoms with Crippen LogP contribution < -0.4 is 4.74 Å². The summed E-state index contributed by atoms with van der Waals surface area (Å²) in [4.78, 5) is 28.3. The Hall–Kier alpha value is -2.84. The number of rotatable bonds is 15. The van der Waals surface area contributed by atoms with E-state index in [-0.39, 0.29) is 47.9 Å². The minimum Gasteiger partial charge on any atom is -0.490 e. The number of hydrogen-bond donors (Lipinski definition) is 0. The summed E-state index contributed by atoms with van der Waals surface area (Å²) in [6.45, 7) is 12.1. The molecule has 2 rings (SSSR count). The van der Waals surface area contributed by atoms with E-state index >= 15 is 0 Å². The van der Waals surface area contributed by atoms with Gasteiger partial charge in [0.25, 0.3) is 0 Å². The Morgan fingerprint density at radius 3 is 2.47 bits per heavy atom. The lowest BCUT2D eigenvalue weighted by atomic mass is 9.79. The topological polar surface area (TPSA) is 120 Å². The monoisotopic (exact) mass is 535 g/mol. The number of hydrogen-bond acceptors (Lipinski definition) is 7. The van der Waals surface area contributed by atoms with Gasteiger partial charge in [0.15, 0.2) is 11.6 Å². The first-order valence-electron chi connectivity index (χ1n) is 13.4. The van der Waals surface area contributed by atoms with Crippen molar-refractivity contribution < 1.29 is 32.9 Å². The fourth-order valence-electron chi connectivity index (χ4n) is 4.63. The molecule has 1 saturated heterocycles. The minimum absolute atomic E-state index is 0.0227. The third-order valence-corrected chi connectivity index (χ3v) is 7.00. The summed E-state index contributed by atoms with van der Waals surface area (Å²) in [6, 6.07) is 3.79. The van der Waals surface area contributed by atoms with Crippen LogP contribution in [0.3, 0.4) is 0 Å². The molecule has 0 spiro atoms. The van der Waals surface area contributed by atoms with Gasteiger partial charge < -0.3 is 18.9 Å². The molecular formula is C28H42FN3O6. The quantitative estimate of drug-likeness (QED) is 0.0841.